The Hall–Kier alpha value is -2.27. The van der Waals surface area contributed by atoms with Crippen LogP contribution in [0.1, 0.15) is 24.3 Å². The molecular weight excluding hydrogens is 297 g/mol. The molecule has 0 radical (unpaired) electrons. The quantitative estimate of drug-likeness (QED) is 0.795. The summed E-state index contributed by atoms with van der Waals surface area (Å²) in [7, 11) is 0. The van der Waals surface area contributed by atoms with E-state index in [9.17, 15) is 4.39 Å². The molecule has 0 aromatic heterocycles. The number of ether oxygens (including phenoxy) is 3. The minimum absolute atomic E-state index is 0.237. The highest BCUT2D eigenvalue weighted by molar-refractivity contribution is 5.45. The standard InChI is InChI=1S/C18H20FNO3/c19-15-4-1-5-16(10-15)21-8-2-3-14(11-20)13-6-7-17-18(9-13)23-12-22-17/h1,4-7,9-10,14H,2-3,8,11-12,20H2. The van der Waals surface area contributed by atoms with Crippen LogP contribution in [0.2, 0.25) is 0 Å². The van der Waals surface area contributed by atoms with E-state index < -0.39 is 0 Å². The molecule has 0 saturated carbocycles. The molecule has 0 amide bonds. The molecule has 0 spiro atoms. The fourth-order valence-electron chi connectivity index (χ4n) is 2.66. The van der Waals surface area contributed by atoms with Gasteiger partial charge in [0.05, 0.1) is 6.61 Å². The molecule has 0 bridgehead atoms. The van der Waals surface area contributed by atoms with Crippen LogP contribution in [0.4, 0.5) is 4.39 Å². The van der Waals surface area contributed by atoms with Gasteiger partial charge < -0.3 is 19.9 Å². The Morgan fingerprint density at radius 3 is 2.83 bits per heavy atom. The van der Waals surface area contributed by atoms with Crippen molar-refractivity contribution in [3.05, 3.63) is 53.8 Å². The second-order valence-corrected chi connectivity index (χ2v) is 5.49. The molecule has 1 aliphatic rings. The van der Waals surface area contributed by atoms with Crippen molar-refractivity contribution in [2.24, 2.45) is 5.73 Å². The zero-order valence-corrected chi connectivity index (χ0v) is 12.8. The van der Waals surface area contributed by atoms with Gasteiger partial charge in [-0.15, -0.1) is 0 Å². The lowest BCUT2D eigenvalue weighted by Crippen LogP contribution is -2.13. The van der Waals surface area contributed by atoms with E-state index in [2.05, 4.69) is 0 Å². The summed E-state index contributed by atoms with van der Waals surface area (Å²) in [6.07, 6.45) is 1.73. The van der Waals surface area contributed by atoms with Crippen LogP contribution < -0.4 is 19.9 Å². The van der Waals surface area contributed by atoms with Crippen LogP contribution in [-0.4, -0.2) is 19.9 Å². The lowest BCUT2D eigenvalue weighted by atomic mass is 9.94. The molecule has 122 valence electrons. The van der Waals surface area contributed by atoms with Crippen molar-refractivity contribution in [2.45, 2.75) is 18.8 Å². The lowest BCUT2D eigenvalue weighted by Gasteiger charge is -2.16. The molecule has 4 nitrogen and oxygen atoms in total. The molecule has 1 heterocycles. The molecule has 1 aliphatic heterocycles. The monoisotopic (exact) mass is 317 g/mol. The number of benzene rings is 2. The van der Waals surface area contributed by atoms with Crippen molar-refractivity contribution in [1.29, 1.82) is 0 Å². The summed E-state index contributed by atoms with van der Waals surface area (Å²) in [6, 6.07) is 12.1. The van der Waals surface area contributed by atoms with E-state index in [0.717, 1.165) is 29.9 Å². The highest BCUT2D eigenvalue weighted by Crippen LogP contribution is 2.35. The van der Waals surface area contributed by atoms with Crippen LogP contribution >= 0.6 is 0 Å². The van der Waals surface area contributed by atoms with Gasteiger partial charge >= 0.3 is 0 Å². The molecule has 3 rings (SSSR count). The van der Waals surface area contributed by atoms with E-state index in [1.807, 2.05) is 18.2 Å². The number of halogens is 1. The van der Waals surface area contributed by atoms with Gasteiger partial charge in [-0.25, -0.2) is 4.39 Å². The molecule has 23 heavy (non-hydrogen) atoms. The largest absolute Gasteiger partial charge is 0.493 e. The van der Waals surface area contributed by atoms with Crippen molar-refractivity contribution in [1.82, 2.24) is 0 Å². The number of nitrogens with two attached hydrogens (primary N) is 1. The summed E-state index contributed by atoms with van der Waals surface area (Å²) in [5.41, 5.74) is 7.04. The van der Waals surface area contributed by atoms with E-state index >= 15 is 0 Å². The van der Waals surface area contributed by atoms with Gasteiger partial charge in [-0.05, 0) is 55.1 Å². The topological polar surface area (TPSA) is 53.7 Å². The summed E-state index contributed by atoms with van der Waals surface area (Å²) in [6.45, 7) is 1.36. The molecule has 0 aliphatic carbocycles. The van der Waals surface area contributed by atoms with Gasteiger partial charge in [0.15, 0.2) is 11.5 Å². The second kappa shape index (κ2) is 7.33. The molecule has 0 fully saturated rings. The zero-order chi connectivity index (χ0) is 16.1. The Balaban J connectivity index is 1.51. The summed E-state index contributed by atoms with van der Waals surface area (Å²) in [5, 5.41) is 0. The summed E-state index contributed by atoms with van der Waals surface area (Å²) >= 11 is 0. The SMILES string of the molecule is NCC(CCCOc1cccc(F)c1)c1ccc2c(c1)OCO2. The van der Waals surface area contributed by atoms with Crippen LogP contribution in [0.25, 0.3) is 0 Å². The molecule has 1 atom stereocenters. The van der Waals surface area contributed by atoms with E-state index in [4.69, 9.17) is 19.9 Å². The average molecular weight is 317 g/mol. The molecule has 1 unspecified atom stereocenters. The Morgan fingerprint density at radius 1 is 1.13 bits per heavy atom. The third-order valence-electron chi connectivity index (χ3n) is 3.91. The van der Waals surface area contributed by atoms with Gasteiger partial charge in [-0.1, -0.05) is 12.1 Å². The summed E-state index contributed by atoms with van der Waals surface area (Å²) in [5.74, 6) is 2.05. The van der Waals surface area contributed by atoms with Crippen molar-refractivity contribution in [3.8, 4) is 17.2 Å². The van der Waals surface area contributed by atoms with E-state index in [0.29, 0.717) is 18.9 Å². The van der Waals surface area contributed by atoms with Crippen molar-refractivity contribution in [3.63, 3.8) is 0 Å². The van der Waals surface area contributed by atoms with Gasteiger partial charge in [-0.3, -0.25) is 0 Å². The number of hydrogen-bond donors (Lipinski definition) is 1. The fraction of sp³-hybridized carbons (Fsp3) is 0.333. The summed E-state index contributed by atoms with van der Waals surface area (Å²) < 4.78 is 29.4. The number of fused-ring (bicyclic) bond motifs is 1. The van der Waals surface area contributed by atoms with E-state index in [1.165, 1.54) is 12.1 Å². The molecular formula is C18H20FNO3. The minimum Gasteiger partial charge on any atom is -0.493 e. The van der Waals surface area contributed by atoms with Crippen molar-refractivity contribution in [2.75, 3.05) is 19.9 Å². The first-order valence-corrected chi connectivity index (χ1v) is 7.74. The second-order valence-electron chi connectivity index (χ2n) is 5.49. The Morgan fingerprint density at radius 2 is 2.00 bits per heavy atom. The van der Waals surface area contributed by atoms with Gasteiger partial charge in [0.2, 0.25) is 6.79 Å². The smallest absolute Gasteiger partial charge is 0.231 e. The van der Waals surface area contributed by atoms with Gasteiger partial charge in [0, 0.05) is 6.07 Å². The maximum Gasteiger partial charge on any atom is 0.231 e. The Kier molecular flexibility index (Phi) is 4.98. The van der Waals surface area contributed by atoms with Crippen LogP contribution in [0.15, 0.2) is 42.5 Å². The normalized spacial score (nSPS) is 13.8. The van der Waals surface area contributed by atoms with E-state index in [-0.39, 0.29) is 18.5 Å². The van der Waals surface area contributed by atoms with Crippen molar-refractivity contribution >= 4 is 0 Å². The van der Waals surface area contributed by atoms with Gasteiger partial charge in [-0.2, -0.15) is 0 Å². The molecule has 5 heteroatoms. The molecule has 2 aromatic rings. The molecule has 2 aromatic carbocycles. The predicted molar refractivity (Wildman–Crippen MR) is 85.5 cm³/mol. The Bertz CT molecular complexity index is 662. The highest BCUT2D eigenvalue weighted by atomic mass is 19.1. The summed E-state index contributed by atoms with van der Waals surface area (Å²) in [4.78, 5) is 0. The predicted octanol–water partition coefficient (Wildman–Crippen LogP) is 3.46. The first kappa shape index (κ1) is 15.6. The van der Waals surface area contributed by atoms with Crippen LogP contribution in [-0.2, 0) is 0 Å². The first-order chi connectivity index (χ1) is 11.3. The van der Waals surface area contributed by atoms with E-state index in [1.54, 1.807) is 12.1 Å². The first-order valence-electron chi connectivity index (χ1n) is 7.74. The van der Waals surface area contributed by atoms with Gasteiger partial charge in [0.1, 0.15) is 11.6 Å². The minimum atomic E-state index is -0.289. The number of hydrogen-bond acceptors (Lipinski definition) is 4. The highest BCUT2D eigenvalue weighted by Gasteiger charge is 2.17. The molecule has 0 saturated heterocycles. The fourth-order valence-corrected chi connectivity index (χ4v) is 2.66. The molecule has 2 N–H and O–H groups in total. The average Bonchev–Trinajstić information content (AvgIpc) is 3.02. The third kappa shape index (κ3) is 3.93. The third-order valence-corrected chi connectivity index (χ3v) is 3.91. The van der Waals surface area contributed by atoms with Crippen molar-refractivity contribution < 1.29 is 18.6 Å². The maximum atomic E-state index is 13.1. The zero-order valence-electron chi connectivity index (χ0n) is 12.8. The van der Waals surface area contributed by atoms with Gasteiger partial charge in [0.25, 0.3) is 0 Å². The van der Waals surface area contributed by atoms with Crippen LogP contribution in [0.5, 0.6) is 17.2 Å². The number of rotatable bonds is 7. The lowest BCUT2D eigenvalue weighted by molar-refractivity contribution is 0.174. The van der Waals surface area contributed by atoms with Crippen LogP contribution in [0.3, 0.4) is 0 Å². The maximum absolute atomic E-state index is 13.1. The van der Waals surface area contributed by atoms with Crippen LogP contribution in [0, 0.1) is 5.82 Å². The Labute approximate surface area is 135 Å².